The number of amides is 1. The lowest BCUT2D eigenvalue weighted by atomic mass is 10.0. The number of anilines is 1. The minimum atomic E-state index is -0.444. The molecule has 3 aromatic rings. The van der Waals surface area contributed by atoms with Crippen molar-refractivity contribution in [3.8, 4) is 0 Å². The lowest BCUT2D eigenvalue weighted by Gasteiger charge is -2.12. The van der Waals surface area contributed by atoms with Gasteiger partial charge in [0.1, 0.15) is 5.82 Å². The van der Waals surface area contributed by atoms with Gasteiger partial charge in [0.25, 0.3) is 5.91 Å². The third kappa shape index (κ3) is 4.08. The summed E-state index contributed by atoms with van der Waals surface area (Å²) in [7, 11) is 0. The second kappa shape index (κ2) is 7.63. The molecule has 1 amide bonds. The first-order chi connectivity index (χ1) is 12.0. The SMILES string of the molecule is O=C(NC(=S)Nc1ccc(I)cc1F)c1cccc2c(Cl)cccc12. The molecule has 0 aromatic heterocycles. The Morgan fingerprint density at radius 2 is 1.80 bits per heavy atom. The van der Waals surface area contributed by atoms with E-state index in [9.17, 15) is 9.18 Å². The molecule has 0 unspecified atom stereocenters. The first-order valence-corrected chi connectivity index (χ1v) is 9.07. The lowest BCUT2D eigenvalue weighted by molar-refractivity contribution is 0.0979. The van der Waals surface area contributed by atoms with E-state index in [2.05, 4.69) is 10.6 Å². The fourth-order valence-corrected chi connectivity index (χ4v) is 3.28. The van der Waals surface area contributed by atoms with E-state index in [0.717, 1.165) is 14.3 Å². The van der Waals surface area contributed by atoms with Crippen LogP contribution in [0.5, 0.6) is 0 Å². The van der Waals surface area contributed by atoms with E-state index in [0.29, 0.717) is 10.6 Å². The topological polar surface area (TPSA) is 41.1 Å². The van der Waals surface area contributed by atoms with Crippen LogP contribution in [-0.2, 0) is 0 Å². The zero-order valence-electron chi connectivity index (χ0n) is 12.6. The summed E-state index contributed by atoms with van der Waals surface area (Å²) in [6.45, 7) is 0. The molecule has 0 radical (unpaired) electrons. The third-order valence-corrected chi connectivity index (χ3v) is 4.72. The van der Waals surface area contributed by atoms with Crippen molar-refractivity contribution in [3.63, 3.8) is 0 Å². The number of carbonyl (C=O) groups is 1. The van der Waals surface area contributed by atoms with Crippen LogP contribution < -0.4 is 10.6 Å². The molecule has 0 aliphatic carbocycles. The van der Waals surface area contributed by atoms with Crippen LogP contribution in [0.2, 0.25) is 5.02 Å². The molecule has 2 N–H and O–H groups in total. The van der Waals surface area contributed by atoms with Crippen LogP contribution in [0.4, 0.5) is 10.1 Å². The molecular weight excluding hydrogens is 474 g/mol. The average molecular weight is 485 g/mol. The summed E-state index contributed by atoms with van der Waals surface area (Å²) in [4.78, 5) is 12.5. The Kier molecular flexibility index (Phi) is 5.51. The van der Waals surface area contributed by atoms with Crippen LogP contribution in [0.25, 0.3) is 10.8 Å². The molecule has 0 spiro atoms. The molecule has 0 saturated carbocycles. The normalized spacial score (nSPS) is 10.5. The molecule has 0 saturated heterocycles. The summed E-state index contributed by atoms with van der Waals surface area (Å²) in [6, 6.07) is 15.3. The van der Waals surface area contributed by atoms with E-state index in [1.807, 2.05) is 34.7 Å². The standard InChI is InChI=1S/C18H11ClFIN2OS/c19-14-6-2-3-11-12(14)4-1-5-13(11)17(24)23-18(25)22-16-8-7-10(21)9-15(16)20/h1-9H,(H2,22,23,24,25). The van der Waals surface area contributed by atoms with E-state index in [1.165, 1.54) is 6.07 Å². The van der Waals surface area contributed by atoms with Gasteiger partial charge in [-0.25, -0.2) is 4.39 Å². The maximum Gasteiger partial charge on any atom is 0.258 e. The summed E-state index contributed by atoms with van der Waals surface area (Å²) in [5.74, 6) is -0.836. The van der Waals surface area contributed by atoms with Crippen molar-refractivity contribution < 1.29 is 9.18 Å². The van der Waals surface area contributed by atoms with Gasteiger partial charge < -0.3 is 5.32 Å². The quantitative estimate of drug-likeness (QED) is 0.380. The fourth-order valence-electron chi connectivity index (χ4n) is 2.38. The van der Waals surface area contributed by atoms with E-state index < -0.39 is 11.7 Å². The lowest BCUT2D eigenvalue weighted by Crippen LogP contribution is -2.34. The molecule has 0 heterocycles. The number of carbonyl (C=O) groups excluding carboxylic acids is 1. The highest BCUT2D eigenvalue weighted by Crippen LogP contribution is 2.26. The minimum absolute atomic E-state index is 0.0177. The Balaban J connectivity index is 1.80. The molecule has 3 rings (SSSR count). The summed E-state index contributed by atoms with van der Waals surface area (Å²) < 4.78 is 14.6. The van der Waals surface area contributed by atoms with Gasteiger partial charge in [-0.2, -0.15) is 0 Å². The van der Waals surface area contributed by atoms with E-state index >= 15 is 0 Å². The van der Waals surface area contributed by atoms with Crippen LogP contribution in [-0.4, -0.2) is 11.0 Å². The van der Waals surface area contributed by atoms with Crippen molar-refractivity contribution in [2.24, 2.45) is 0 Å². The van der Waals surface area contributed by atoms with Gasteiger partial charge in [-0.15, -0.1) is 0 Å². The molecule has 0 aliphatic rings. The van der Waals surface area contributed by atoms with Crippen LogP contribution in [0.15, 0.2) is 54.6 Å². The van der Waals surface area contributed by atoms with Crippen molar-refractivity contribution in [3.05, 3.63) is 74.6 Å². The number of rotatable bonds is 2. The number of hydrogen-bond acceptors (Lipinski definition) is 2. The van der Waals surface area contributed by atoms with Gasteiger partial charge in [0.05, 0.1) is 5.69 Å². The minimum Gasteiger partial charge on any atom is -0.330 e. The highest BCUT2D eigenvalue weighted by molar-refractivity contribution is 14.1. The predicted molar refractivity (Wildman–Crippen MR) is 112 cm³/mol. The summed E-state index contributed by atoms with van der Waals surface area (Å²) >= 11 is 13.3. The van der Waals surface area contributed by atoms with E-state index in [-0.39, 0.29) is 10.8 Å². The fraction of sp³-hybridized carbons (Fsp3) is 0. The van der Waals surface area contributed by atoms with Gasteiger partial charge >= 0.3 is 0 Å². The molecule has 3 aromatic carbocycles. The average Bonchev–Trinajstić information content (AvgIpc) is 2.57. The third-order valence-electron chi connectivity index (χ3n) is 3.52. The monoisotopic (exact) mass is 484 g/mol. The number of nitrogens with one attached hydrogen (secondary N) is 2. The molecule has 3 nitrogen and oxygen atoms in total. The molecule has 25 heavy (non-hydrogen) atoms. The smallest absolute Gasteiger partial charge is 0.258 e. The van der Waals surface area contributed by atoms with Gasteiger partial charge in [-0.3, -0.25) is 10.1 Å². The summed E-state index contributed by atoms with van der Waals surface area (Å²) in [5.41, 5.74) is 0.638. The molecule has 0 bridgehead atoms. The molecule has 0 atom stereocenters. The van der Waals surface area contributed by atoms with Crippen molar-refractivity contribution in [2.75, 3.05) is 5.32 Å². The Labute approximate surface area is 167 Å². The van der Waals surface area contributed by atoms with Gasteiger partial charge in [0.2, 0.25) is 0 Å². The maximum absolute atomic E-state index is 13.9. The second-order valence-electron chi connectivity index (χ2n) is 5.17. The van der Waals surface area contributed by atoms with Gasteiger partial charge in [-0.05, 0) is 70.5 Å². The highest BCUT2D eigenvalue weighted by Gasteiger charge is 2.13. The van der Waals surface area contributed by atoms with Crippen LogP contribution in [0.1, 0.15) is 10.4 Å². The molecule has 126 valence electrons. The van der Waals surface area contributed by atoms with E-state index in [4.69, 9.17) is 23.8 Å². The first-order valence-electron chi connectivity index (χ1n) is 7.20. The van der Waals surface area contributed by atoms with Crippen LogP contribution in [0, 0.1) is 9.39 Å². The summed E-state index contributed by atoms with van der Waals surface area (Å²) in [6.07, 6.45) is 0. The Morgan fingerprint density at radius 3 is 2.56 bits per heavy atom. The predicted octanol–water partition coefficient (Wildman–Crippen LogP) is 5.36. The van der Waals surface area contributed by atoms with Gasteiger partial charge in [0, 0.05) is 19.5 Å². The largest absolute Gasteiger partial charge is 0.330 e. The Hall–Kier alpha value is -1.77. The number of fused-ring (bicyclic) bond motifs is 1. The molecule has 0 fully saturated rings. The van der Waals surface area contributed by atoms with Gasteiger partial charge in [-0.1, -0.05) is 35.9 Å². The zero-order chi connectivity index (χ0) is 18.0. The molecule has 7 heteroatoms. The number of hydrogen-bond donors (Lipinski definition) is 2. The summed E-state index contributed by atoms with van der Waals surface area (Å²) in [5, 5.41) is 7.34. The maximum atomic E-state index is 13.9. The molecule has 0 aliphatic heterocycles. The Morgan fingerprint density at radius 1 is 1.08 bits per heavy atom. The Bertz CT molecular complexity index is 996. The first kappa shape index (κ1) is 18.0. The highest BCUT2D eigenvalue weighted by atomic mass is 127. The van der Waals surface area contributed by atoms with Crippen LogP contribution in [0.3, 0.4) is 0 Å². The molecular formula is C18H11ClFIN2OS. The van der Waals surface area contributed by atoms with Crippen molar-refractivity contribution in [1.29, 1.82) is 0 Å². The van der Waals surface area contributed by atoms with Crippen molar-refractivity contribution in [2.45, 2.75) is 0 Å². The van der Waals surface area contributed by atoms with Gasteiger partial charge in [0.15, 0.2) is 5.11 Å². The number of benzene rings is 3. The number of thiocarbonyl (C=S) groups is 1. The van der Waals surface area contributed by atoms with Crippen molar-refractivity contribution >= 4 is 73.9 Å². The van der Waals surface area contributed by atoms with Crippen LogP contribution >= 0.6 is 46.4 Å². The zero-order valence-corrected chi connectivity index (χ0v) is 16.4. The van der Waals surface area contributed by atoms with E-state index in [1.54, 1.807) is 36.4 Å². The van der Waals surface area contributed by atoms with Crippen molar-refractivity contribution in [1.82, 2.24) is 5.32 Å². The number of halogens is 3. The second-order valence-corrected chi connectivity index (χ2v) is 7.23.